The van der Waals surface area contributed by atoms with Gasteiger partial charge >= 0.3 is 0 Å². The van der Waals surface area contributed by atoms with Crippen molar-refractivity contribution in [3.8, 4) is 0 Å². The van der Waals surface area contributed by atoms with Crippen molar-refractivity contribution in [2.45, 2.75) is 32.1 Å². The first-order valence-electron chi connectivity index (χ1n) is 9.63. The van der Waals surface area contributed by atoms with Gasteiger partial charge in [0, 0.05) is 31.4 Å². The van der Waals surface area contributed by atoms with Gasteiger partial charge in [-0.3, -0.25) is 4.79 Å². The van der Waals surface area contributed by atoms with Crippen LogP contribution in [-0.4, -0.2) is 38.8 Å². The molecule has 2 aromatic carbocycles. The Balaban J connectivity index is 1.80. The average molecular weight is 401 g/mol. The van der Waals surface area contributed by atoms with Crippen LogP contribution in [0.15, 0.2) is 53.4 Å². The molecule has 1 fully saturated rings. The first-order chi connectivity index (χ1) is 13.2. The van der Waals surface area contributed by atoms with Crippen molar-refractivity contribution in [2.24, 2.45) is 11.8 Å². The van der Waals surface area contributed by atoms with Crippen molar-refractivity contribution in [1.82, 2.24) is 4.31 Å². The van der Waals surface area contributed by atoms with Crippen LogP contribution in [0.3, 0.4) is 0 Å². The molecule has 6 heteroatoms. The lowest BCUT2D eigenvalue weighted by Gasteiger charge is -2.34. The molecule has 28 heavy (non-hydrogen) atoms. The largest absolute Gasteiger partial charge is 0.311 e. The second-order valence-corrected chi connectivity index (χ2v) is 9.93. The maximum Gasteiger partial charge on any atom is 0.258 e. The average Bonchev–Trinajstić information content (AvgIpc) is 2.66. The molecule has 1 aliphatic heterocycles. The first-order valence-corrected chi connectivity index (χ1v) is 11.1. The van der Waals surface area contributed by atoms with Crippen molar-refractivity contribution < 1.29 is 13.2 Å². The monoisotopic (exact) mass is 400 g/mol. The van der Waals surface area contributed by atoms with Crippen LogP contribution in [0.5, 0.6) is 0 Å². The van der Waals surface area contributed by atoms with Gasteiger partial charge in [0.2, 0.25) is 10.0 Å². The molecule has 2 aromatic rings. The van der Waals surface area contributed by atoms with E-state index in [-0.39, 0.29) is 10.8 Å². The van der Waals surface area contributed by atoms with Gasteiger partial charge < -0.3 is 4.90 Å². The number of nitrogens with zero attached hydrogens (tertiary/aromatic N) is 2. The number of rotatable bonds is 4. The molecule has 0 bridgehead atoms. The fourth-order valence-electron chi connectivity index (χ4n) is 3.87. The number of hydrogen-bond acceptors (Lipinski definition) is 3. The number of anilines is 1. The zero-order chi connectivity index (χ0) is 20.5. The summed E-state index contributed by atoms with van der Waals surface area (Å²) in [6.07, 6.45) is 1.05. The number of aryl methyl sites for hydroxylation is 1. The molecule has 3 rings (SSSR count). The highest BCUT2D eigenvalue weighted by Crippen LogP contribution is 2.27. The van der Waals surface area contributed by atoms with Gasteiger partial charge in [-0.15, -0.1) is 0 Å². The van der Waals surface area contributed by atoms with Crippen LogP contribution >= 0.6 is 0 Å². The van der Waals surface area contributed by atoms with Crippen LogP contribution in [0.2, 0.25) is 0 Å². The summed E-state index contributed by atoms with van der Waals surface area (Å²) in [7, 11) is -1.82. The summed E-state index contributed by atoms with van der Waals surface area (Å²) in [4.78, 5) is 14.6. The number of carbonyl (C=O) groups excluding carboxylic acids is 1. The van der Waals surface area contributed by atoms with Crippen molar-refractivity contribution >= 4 is 21.6 Å². The summed E-state index contributed by atoms with van der Waals surface area (Å²) in [5.41, 5.74) is 2.34. The fourth-order valence-corrected chi connectivity index (χ4v) is 5.55. The highest BCUT2D eigenvalue weighted by molar-refractivity contribution is 7.89. The smallest absolute Gasteiger partial charge is 0.258 e. The standard InChI is InChI=1S/C22H28N2O3S/c1-16-6-5-7-20(13-16)23(4)22(25)19-8-10-21(11-9-19)28(26,27)24-14-17(2)12-18(3)15-24/h5-11,13,17-18H,12,14-15H2,1-4H3. The predicted octanol–water partition coefficient (Wildman–Crippen LogP) is 3.94. The minimum Gasteiger partial charge on any atom is -0.311 e. The highest BCUT2D eigenvalue weighted by atomic mass is 32.2. The number of hydrogen-bond donors (Lipinski definition) is 0. The predicted molar refractivity (Wildman–Crippen MR) is 112 cm³/mol. The molecule has 1 amide bonds. The quantitative estimate of drug-likeness (QED) is 0.781. The Morgan fingerprint density at radius 1 is 1.04 bits per heavy atom. The number of amides is 1. The summed E-state index contributed by atoms with van der Waals surface area (Å²) in [6, 6.07) is 14.0. The van der Waals surface area contributed by atoms with Crippen LogP contribution in [0.4, 0.5) is 5.69 Å². The Hall–Kier alpha value is -2.18. The summed E-state index contributed by atoms with van der Waals surface area (Å²) in [5.74, 6) is 0.527. The van der Waals surface area contributed by atoms with E-state index in [4.69, 9.17) is 0 Å². The molecule has 5 nitrogen and oxygen atoms in total. The maximum absolute atomic E-state index is 13.0. The lowest BCUT2D eigenvalue weighted by Crippen LogP contribution is -2.42. The van der Waals surface area contributed by atoms with E-state index in [9.17, 15) is 13.2 Å². The van der Waals surface area contributed by atoms with Gasteiger partial charge in [0.05, 0.1) is 4.90 Å². The normalized spacial score (nSPS) is 20.7. The third-order valence-corrected chi connectivity index (χ3v) is 7.11. The molecule has 1 aliphatic rings. The van der Waals surface area contributed by atoms with E-state index in [1.54, 1.807) is 28.4 Å². The SMILES string of the molecule is Cc1cccc(N(C)C(=O)c2ccc(S(=O)(=O)N3CC(C)CC(C)C3)cc2)c1. The summed E-state index contributed by atoms with van der Waals surface area (Å²) >= 11 is 0. The number of carbonyl (C=O) groups is 1. The lowest BCUT2D eigenvalue weighted by molar-refractivity contribution is 0.0993. The molecule has 1 heterocycles. The van der Waals surface area contributed by atoms with E-state index < -0.39 is 10.0 Å². The summed E-state index contributed by atoms with van der Waals surface area (Å²) in [6.45, 7) is 7.23. The van der Waals surface area contributed by atoms with E-state index in [2.05, 4.69) is 13.8 Å². The van der Waals surface area contributed by atoms with Crippen LogP contribution in [-0.2, 0) is 10.0 Å². The second-order valence-electron chi connectivity index (χ2n) is 8.00. The minimum atomic E-state index is -3.54. The van der Waals surface area contributed by atoms with E-state index in [1.807, 2.05) is 31.2 Å². The van der Waals surface area contributed by atoms with Gasteiger partial charge in [-0.05, 0) is 67.1 Å². The van der Waals surface area contributed by atoms with Crippen molar-refractivity contribution in [3.63, 3.8) is 0 Å². The summed E-state index contributed by atoms with van der Waals surface area (Å²) in [5, 5.41) is 0. The van der Waals surface area contributed by atoms with Crippen molar-refractivity contribution in [2.75, 3.05) is 25.0 Å². The van der Waals surface area contributed by atoms with Crippen LogP contribution in [0, 0.1) is 18.8 Å². The van der Waals surface area contributed by atoms with Gasteiger partial charge in [-0.1, -0.05) is 26.0 Å². The molecule has 0 N–H and O–H groups in total. The Morgan fingerprint density at radius 3 is 2.21 bits per heavy atom. The molecule has 0 radical (unpaired) electrons. The number of sulfonamides is 1. The van der Waals surface area contributed by atoms with Crippen LogP contribution < -0.4 is 4.90 Å². The molecular formula is C22H28N2O3S. The Labute approximate surface area is 168 Å². The molecular weight excluding hydrogens is 372 g/mol. The number of benzene rings is 2. The first kappa shape index (κ1) is 20.6. The maximum atomic E-state index is 13.0. The molecule has 0 saturated carbocycles. The second kappa shape index (κ2) is 8.05. The Kier molecular flexibility index (Phi) is 5.91. The van der Waals surface area contributed by atoms with Gasteiger partial charge in [0.1, 0.15) is 0 Å². The third-order valence-electron chi connectivity index (χ3n) is 5.27. The zero-order valence-corrected chi connectivity index (χ0v) is 17.7. The topological polar surface area (TPSA) is 57.7 Å². The highest BCUT2D eigenvalue weighted by Gasteiger charge is 2.31. The Bertz CT molecular complexity index is 944. The van der Waals surface area contributed by atoms with Gasteiger partial charge in [-0.25, -0.2) is 8.42 Å². The molecule has 2 atom stereocenters. The van der Waals surface area contributed by atoms with Gasteiger partial charge in [0.25, 0.3) is 5.91 Å². The van der Waals surface area contributed by atoms with Crippen LogP contribution in [0.25, 0.3) is 0 Å². The van der Waals surface area contributed by atoms with Crippen molar-refractivity contribution in [3.05, 3.63) is 59.7 Å². The third kappa shape index (κ3) is 4.28. The van der Waals surface area contributed by atoms with E-state index in [0.29, 0.717) is 30.5 Å². The van der Waals surface area contributed by atoms with Gasteiger partial charge in [-0.2, -0.15) is 4.31 Å². The molecule has 150 valence electrons. The molecule has 2 unspecified atom stereocenters. The molecule has 1 saturated heterocycles. The van der Waals surface area contributed by atoms with Gasteiger partial charge in [0.15, 0.2) is 0 Å². The molecule has 0 aromatic heterocycles. The Morgan fingerprint density at radius 2 is 1.64 bits per heavy atom. The van der Waals surface area contributed by atoms with E-state index in [1.165, 1.54) is 12.1 Å². The lowest BCUT2D eigenvalue weighted by atomic mass is 9.94. The molecule has 0 spiro atoms. The van der Waals surface area contributed by atoms with Crippen molar-refractivity contribution in [1.29, 1.82) is 0 Å². The summed E-state index contributed by atoms with van der Waals surface area (Å²) < 4.78 is 27.5. The minimum absolute atomic E-state index is 0.172. The number of piperidine rings is 1. The zero-order valence-electron chi connectivity index (χ0n) is 16.9. The fraction of sp³-hybridized carbons (Fsp3) is 0.409. The van der Waals surface area contributed by atoms with Crippen LogP contribution in [0.1, 0.15) is 36.2 Å². The van der Waals surface area contributed by atoms with E-state index in [0.717, 1.165) is 17.7 Å². The van der Waals surface area contributed by atoms with E-state index >= 15 is 0 Å². The molecule has 0 aliphatic carbocycles.